The van der Waals surface area contributed by atoms with E-state index in [1.54, 1.807) is 4.90 Å². The maximum absolute atomic E-state index is 11.7. The Kier molecular flexibility index (Phi) is 13.5. The standard InChI is InChI=1S/C21H34N4O3.HI/c1-2-28-21(26)25-14-10-19(11-15-25)24-20(22)23-13-6-7-16-27-17-12-18-8-4-3-5-9-18;/h3-5,8-9,19H,2,6-7,10-17H2,1H3,(H3,22,23,24);1H. The first-order valence-corrected chi connectivity index (χ1v) is 10.3. The number of guanidine groups is 1. The number of hydrogen-bond donors (Lipinski definition) is 2. The summed E-state index contributed by atoms with van der Waals surface area (Å²) in [6.45, 7) is 5.80. The Bertz CT molecular complexity index is 593. The van der Waals surface area contributed by atoms with Gasteiger partial charge in [0.15, 0.2) is 5.96 Å². The van der Waals surface area contributed by atoms with Crippen LogP contribution in [0.4, 0.5) is 4.79 Å². The molecule has 29 heavy (non-hydrogen) atoms. The molecule has 3 N–H and O–H groups in total. The lowest BCUT2D eigenvalue weighted by atomic mass is 10.1. The van der Waals surface area contributed by atoms with Gasteiger partial charge in [-0.2, -0.15) is 0 Å². The molecule has 2 rings (SSSR count). The van der Waals surface area contributed by atoms with Crippen LogP contribution >= 0.6 is 24.0 Å². The van der Waals surface area contributed by atoms with Crippen molar-refractivity contribution in [1.82, 2.24) is 10.2 Å². The number of hydrogen-bond acceptors (Lipinski definition) is 4. The summed E-state index contributed by atoms with van der Waals surface area (Å²) in [5.41, 5.74) is 7.28. The maximum atomic E-state index is 11.7. The van der Waals surface area contributed by atoms with E-state index < -0.39 is 0 Å². The summed E-state index contributed by atoms with van der Waals surface area (Å²) >= 11 is 0. The van der Waals surface area contributed by atoms with Gasteiger partial charge < -0.3 is 25.4 Å². The summed E-state index contributed by atoms with van der Waals surface area (Å²) < 4.78 is 10.7. The number of unbranched alkanes of at least 4 members (excludes halogenated alkanes) is 1. The second-order valence-corrected chi connectivity index (χ2v) is 6.93. The van der Waals surface area contributed by atoms with Crippen LogP contribution in [-0.2, 0) is 15.9 Å². The summed E-state index contributed by atoms with van der Waals surface area (Å²) in [4.78, 5) is 17.8. The van der Waals surface area contributed by atoms with Crippen LogP contribution in [0.5, 0.6) is 0 Å². The van der Waals surface area contributed by atoms with Crippen LogP contribution in [0, 0.1) is 0 Å². The molecule has 1 heterocycles. The molecule has 0 aliphatic carbocycles. The number of likely N-dealkylation sites (tertiary alicyclic amines) is 1. The molecular weight excluding hydrogens is 483 g/mol. The van der Waals surface area contributed by atoms with E-state index in [1.165, 1.54) is 5.56 Å². The number of nitrogens with two attached hydrogens (primary N) is 1. The Balaban J connectivity index is 0.00000420. The van der Waals surface area contributed by atoms with Crippen LogP contribution in [0.2, 0.25) is 0 Å². The molecule has 1 aliphatic rings. The van der Waals surface area contributed by atoms with Crippen molar-refractivity contribution in [2.75, 3.05) is 39.5 Å². The van der Waals surface area contributed by atoms with Gasteiger partial charge >= 0.3 is 6.09 Å². The number of ether oxygens (including phenoxy) is 2. The zero-order valence-electron chi connectivity index (χ0n) is 17.3. The largest absolute Gasteiger partial charge is 0.450 e. The highest BCUT2D eigenvalue weighted by Crippen LogP contribution is 2.11. The predicted molar refractivity (Wildman–Crippen MR) is 127 cm³/mol. The molecule has 1 amide bonds. The first-order chi connectivity index (χ1) is 13.7. The smallest absolute Gasteiger partial charge is 0.409 e. The van der Waals surface area contributed by atoms with Crippen LogP contribution in [0.3, 0.4) is 0 Å². The Morgan fingerprint density at radius 1 is 1.21 bits per heavy atom. The molecule has 7 nitrogen and oxygen atoms in total. The zero-order valence-corrected chi connectivity index (χ0v) is 19.7. The van der Waals surface area contributed by atoms with Gasteiger partial charge in [0, 0.05) is 32.3 Å². The number of benzene rings is 1. The molecule has 0 spiro atoms. The minimum absolute atomic E-state index is 0. The van der Waals surface area contributed by atoms with Gasteiger partial charge in [-0.25, -0.2) is 4.79 Å². The van der Waals surface area contributed by atoms with Crippen LogP contribution in [0.25, 0.3) is 0 Å². The molecule has 1 fully saturated rings. The number of nitrogens with zero attached hydrogens (tertiary/aromatic N) is 2. The van der Waals surface area contributed by atoms with E-state index in [9.17, 15) is 4.79 Å². The Morgan fingerprint density at radius 3 is 2.62 bits per heavy atom. The number of carbonyl (C=O) groups is 1. The number of piperidine rings is 1. The molecule has 1 aromatic carbocycles. The van der Waals surface area contributed by atoms with E-state index in [-0.39, 0.29) is 36.1 Å². The molecule has 0 unspecified atom stereocenters. The number of rotatable bonds is 10. The number of amides is 1. The molecule has 1 aromatic rings. The zero-order chi connectivity index (χ0) is 20.0. The van der Waals surface area contributed by atoms with Crippen molar-refractivity contribution in [3.05, 3.63) is 35.9 Å². The molecule has 0 atom stereocenters. The highest BCUT2D eigenvalue weighted by Gasteiger charge is 2.23. The number of carbonyl (C=O) groups excluding carboxylic acids is 1. The van der Waals surface area contributed by atoms with Crippen molar-refractivity contribution >= 4 is 36.0 Å². The lowest BCUT2D eigenvalue weighted by Crippen LogP contribution is -2.48. The molecule has 164 valence electrons. The normalized spacial score (nSPS) is 14.9. The highest BCUT2D eigenvalue weighted by atomic mass is 127. The van der Waals surface area contributed by atoms with Crippen LogP contribution in [-0.4, -0.2) is 62.4 Å². The molecule has 0 bridgehead atoms. The van der Waals surface area contributed by atoms with Crippen molar-refractivity contribution in [3.8, 4) is 0 Å². The van der Waals surface area contributed by atoms with Crippen molar-refractivity contribution in [2.45, 2.75) is 45.1 Å². The Labute approximate surface area is 191 Å². The fourth-order valence-corrected chi connectivity index (χ4v) is 3.13. The average molecular weight is 518 g/mol. The number of nitrogens with one attached hydrogen (secondary N) is 1. The lowest BCUT2D eigenvalue weighted by Gasteiger charge is -2.31. The maximum Gasteiger partial charge on any atom is 0.409 e. The molecule has 0 saturated carbocycles. The van der Waals surface area contributed by atoms with Gasteiger partial charge in [-0.15, -0.1) is 24.0 Å². The molecule has 0 radical (unpaired) electrons. The second kappa shape index (κ2) is 15.3. The Morgan fingerprint density at radius 2 is 1.93 bits per heavy atom. The quantitative estimate of drug-likeness (QED) is 0.215. The molecule has 8 heteroatoms. The van der Waals surface area contributed by atoms with Crippen LogP contribution in [0.15, 0.2) is 35.3 Å². The number of aliphatic imine (C=N–C) groups is 1. The minimum Gasteiger partial charge on any atom is -0.450 e. The van der Waals surface area contributed by atoms with Gasteiger partial charge in [-0.1, -0.05) is 30.3 Å². The second-order valence-electron chi connectivity index (χ2n) is 6.93. The van der Waals surface area contributed by atoms with Crippen LogP contribution in [0.1, 0.15) is 38.2 Å². The number of halogens is 1. The van der Waals surface area contributed by atoms with E-state index in [0.717, 1.165) is 45.3 Å². The third-order valence-electron chi connectivity index (χ3n) is 4.73. The molecular formula is C21H35IN4O3. The third kappa shape index (κ3) is 10.7. The van der Waals surface area contributed by atoms with Gasteiger partial charge in [0.2, 0.25) is 0 Å². The minimum atomic E-state index is -0.228. The van der Waals surface area contributed by atoms with Gasteiger partial charge in [-0.05, 0) is 44.6 Å². The predicted octanol–water partition coefficient (Wildman–Crippen LogP) is 3.17. The summed E-state index contributed by atoms with van der Waals surface area (Å²) in [7, 11) is 0. The Hall–Kier alpha value is -1.55. The molecule has 1 saturated heterocycles. The van der Waals surface area contributed by atoms with E-state index in [4.69, 9.17) is 15.2 Å². The van der Waals surface area contributed by atoms with E-state index in [1.807, 2.05) is 13.0 Å². The monoisotopic (exact) mass is 518 g/mol. The van der Waals surface area contributed by atoms with Gasteiger partial charge in [0.25, 0.3) is 0 Å². The fraction of sp³-hybridized carbons (Fsp3) is 0.619. The SMILES string of the molecule is CCOC(=O)N1CCC(NC(N)=NCCCCOCCc2ccccc2)CC1.I. The van der Waals surface area contributed by atoms with Gasteiger partial charge in [-0.3, -0.25) is 4.99 Å². The molecule has 1 aliphatic heterocycles. The highest BCUT2D eigenvalue weighted by molar-refractivity contribution is 14.0. The van der Waals surface area contributed by atoms with Gasteiger partial charge in [0.1, 0.15) is 0 Å². The van der Waals surface area contributed by atoms with Crippen molar-refractivity contribution < 1.29 is 14.3 Å². The third-order valence-corrected chi connectivity index (χ3v) is 4.73. The van der Waals surface area contributed by atoms with Gasteiger partial charge in [0.05, 0.1) is 13.2 Å². The van der Waals surface area contributed by atoms with Crippen LogP contribution < -0.4 is 11.1 Å². The first-order valence-electron chi connectivity index (χ1n) is 10.3. The summed E-state index contributed by atoms with van der Waals surface area (Å²) in [6, 6.07) is 10.6. The fourth-order valence-electron chi connectivity index (χ4n) is 3.13. The van der Waals surface area contributed by atoms with Crippen molar-refractivity contribution in [2.24, 2.45) is 10.7 Å². The topological polar surface area (TPSA) is 89.2 Å². The summed E-state index contributed by atoms with van der Waals surface area (Å²) in [5.74, 6) is 0.486. The first kappa shape index (κ1) is 25.5. The summed E-state index contributed by atoms with van der Waals surface area (Å²) in [5, 5.41) is 3.26. The average Bonchev–Trinajstić information content (AvgIpc) is 2.71. The lowest BCUT2D eigenvalue weighted by molar-refractivity contribution is 0.0963. The van der Waals surface area contributed by atoms with E-state index in [0.29, 0.717) is 32.2 Å². The van der Waals surface area contributed by atoms with E-state index in [2.05, 4.69) is 34.6 Å². The van der Waals surface area contributed by atoms with Crippen molar-refractivity contribution in [3.63, 3.8) is 0 Å². The summed E-state index contributed by atoms with van der Waals surface area (Å²) in [6.07, 6.45) is 4.35. The molecule has 0 aromatic heterocycles. The van der Waals surface area contributed by atoms with Crippen molar-refractivity contribution in [1.29, 1.82) is 0 Å². The van der Waals surface area contributed by atoms with E-state index >= 15 is 0 Å².